The maximum absolute atomic E-state index is 3.56. The van der Waals surface area contributed by atoms with Crippen LogP contribution in [0.25, 0.3) is 10.9 Å². The van der Waals surface area contributed by atoms with Gasteiger partial charge in [0, 0.05) is 23.1 Å². The van der Waals surface area contributed by atoms with E-state index in [-0.39, 0.29) is 5.41 Å². The molecule has 0 aliphatic heterocycles. The van der Waals surface area contributed by atoms with Gasteiger partial charge in [0.1, 0.15) is 0 Å². The Balaban J connectivity index is 2.66. The van der Waals surface area contributed by atoms with Crippen LogP contribution in [0, 0.1) is 0 Å². The van der Waals surface area contributed by atoms with E-state index in [9.17, 15) is 0 Å². The molecular weight excluding hydrogens is 232 g/mol. The van der Waals surface area contributed by atoms with Crippen molar-refractivity contribution >= 4 is 10.9 Å². The third kappa shape index (κ3) is 2.69. The highest BCUT2D eigenvalue weighted by molar-refractivity contribution is 5.86. The van der Waals surface area contributed by atoms with Gasteiger partial charge in [-0.2, -0.15) is 0 Å². The standard InChI is InChI=1S/C17H26N2/c1-11(2)16-13-9-12(17(3,4)5)7-8-14(13)19-15(16)10-18-6/h7-9,11,18-19H,10H2,1-6H3. The largest absolute Gasteiger partial charge is 0.357 e. The molecule has 0 spiro atoms. The molecule has 0 aliphatic rings. The molecule has 0 saturated carbocycles. The van der Waals surface area contributed by atoms with Crippen LogP contribution < -0.4 is 5.32 Å². The van der Waals surface area contributed by atoms with Crippen molar-refractivity contribution in [1.29, 1.82) is 0 Å². The van der Waals surface area contributed by atoms with Gasteiger partial charge in [0.15, 0.2) is 0 Å². The molecule has 19 heavy (non-hydrogen) atoms. The quantitative estimate of drug-likeness (QED) is 0.843. The lowest BCUT2D eigenvalue weighted by atomic mass is 9.85. The fourth-order valence-electron chi connectivity index (χ4n) is 2.71. The molecule has 0 aliphatic carbocycles. The van der Waals surface area contributed by atoms with Gasteiger partial charge in [0.2, 0.25) is 0 Å². The topological polar surface area (TPSA) is 27.8 Å². The first kappa shape index (κ1) is 14.1. The summed E-state index contributed by atoms with van der Waals surface area (Å²) in [5.74, 6) is 0.535. The van der Waals surface area contributed by atoms with Crippen molar-refractivity contribution in [2.24, 2.45) is 0 Å². The Kier molecular flexibility index (Phi) is 3.73. The van der Waals surface area contributed by atoms with Crippen molar-refractivity contribution in [1.82, 2.24) is 10.3 Å². The van der Waals surface area contributed by atoms with Crippen molar-refractivity contribution in [2.45, 2.75) is 52.5 Å². The van der Waals surface area contributed by atoms with Gasteiger partial charge in [0.05, 0.1) is 0 Å². The molecule has 0 unspecified atom stereocenters. The van der Waals surface area contributed by atoms with Crippen LogP contribution in [-0.4, -0.2) is 12.0 Å². The third-order valence-corrected chi connectivity index (χ3v) is 3.72. The molecule has 1 heterocycles. The summed E-state index contributed by atoms with van der Waals surface area (Å²) < 4.78 is 0. The first-order valence-corrected chi connectivity index (χ1v) is 7.14. The smallest absolute Gasteiger partial charge is 0.0459 e. The average Bonchev–Trinajstić information content (AvgIpc) is 2.65. The molecule has 2 nitrogen and oxygen atoms in total. The summed E-state index contributed by atoms with van der Waals surface area (Å²) in [5, 5.41) is 4.64. The zero-order valence-electron chi connectivity index (χ0n) is 13.0. The van der Waals surface area contributed by atoms with E-state index in [4.69, 9.17) is 0 Å². The number of benzene rings is 1. The molecule has 0 atom stereocenters. The third-order valence-electron chi connectivity index (χ3n) is 3.72. The van der Waals surface area contributed by atoms with E-state index >= 15 is 0 Å². The van der Waals surface area contributed by atoms with Crippen LogP contribution in [0.2, 0.25) is 0 Å². The lowest BCUT2D eigenvalue weighted by Crippen LogP contribution is -2.10. The normalized spacial score (nSPS) is 12.6. The van der Waals surface area contributed by atoms with Gasteiger partial charge in [-0.3, -0.25) is 0 Å². The Morgan fingerprint density at radius 3 is 2.42 bits per heavy atom. The molecule has 0 fully saturated rings. The van der Waals surface area contributed by atoms with Crippen molar-refractivity contribution in [2.75, 3.05) is 7.05 Å². The highest BCUT2D eigenvalue weighted by Gasteiger charge is 2.18. The van der Waals surface area contributed by atoms with E-state index in [1.165, 1.54) is 27.7 Å². The predicted octanol–water partition coefficient (Wildman–Crippen LogP) is 4.31. The molecule has 1 aromatic heterocycles. The lowest BCUT2D eigenvalue weighted by Gasteiger charge is -2.19. The Bertz CT molecular complexity index is 571. The maximum Gasteiger partial charge on any atom is 0.0459 e. The Morgan fingerprint density at radius 1 is 1.21 bits per heavy atom. The average molecular weight is 258 g/mol. The van der Waals surface area contributed by atoms with Gasteiger partial charge in [-0.25, -0.2) is 0 Å². The van der Waals surface area contributed by atoms with E-state index in [1.54, 1.807) is 0 Å². The number of rotatable bonds is 3. The van der Waals surface area contributed by atoms with Crippen molar-refractivity contribution < 1.29 is 0 Å². The van der Waals surface area contributed by atoms with Crippen LogP contribution in [0.5, 0.6) is 0 Å². The fourth-order valence-corrected chi connectivity index (χ4v) is 2.71. The molecule has 2 heteroatoms. The molecular formula is C17H26N2. The Labute approximate surface area is 116 Å². The van der Waals surface area contributed by atoms with Crippen LogP contribution in [0.3, 0.4) is 0 Å². The molecule has 0 amide bonds. The van der Waals surface area contributed by atoms with Crippen LogP contribution in [0.15, 0.2) is 18.2 Å². The summed E-state index contributed by atoms with van der Waals surface area (Å²) in [6, 6.07) is 6.83. The van der Waals surface area contributed by atoms with Crippen LogP contribution in [0.1, 0.15) is 57.4 Å². The summed E-state index contributed by atoms with van der Waals surface area (Å²) >= 11 is 0. The number of H-pyrrole nitrogens is 1. The second kappa shape index (κ2) is 5.01. The zero-order chi connectivity index (χ0) is 14.2. The molecule has 1 aromatic carbocycles. The molecule has 2 rings (SSSR count). The summed E-state index contributed by atoms with van der Waals surface area (Å²) in [4.78, 5) is 3.56. The minimum atomic E-state index is 0.197. The van der Waals surface area contributed by atoms with Gasteiger partial charge < -0.3 is 10.3 Å². The monoisotopic (exact) mass is 258 g/mol. The number of nitrogens with one attached hydrogen (secondary N) is 2. The summed E-state index contributed by atoms with van der Waals surface area (Å²) in [7, 11) is 2.00. The number of aromatic amines is 1. The van der Waals surface area contributed by atoms with E-state index in [0.717, 1.165) is 6.54 Å². The summed E-state index contributed by atoms with van der Waals surface area (Å²) in [6.07, 6.45) is 0. The number of hydrogen-bond donors (Lipinski definition) is 2. The van der Waals surface area contributed by atoms with Gasteiger partial charge in [-0.05, 0) is 41.6 Å². The minimum absolute atomic E-state index is 0.197. The lowest BCUT2D eigenvalue weighted by molar-refractivity contribution is 0.591. The van der Waals surface area contributed by atoms with Crippen LogP contribution in [0.4, 0.5) is 0 Å². The fraction of sp³-hybridized carbons (Fsp3) is 0.529. The van der Waals surface area contributed by atoms with E-state index in [2.05, 4.69) is 63.1 Å². The zero-order valence-corrected chi connectivity index (χ0v) is 13.0. The van der Waals surface area contributed by atoms with Gasteiger partial charge in [0.25, 0.3) is 0 Å². The SMILES string of the molecule is CNCc1[nH]c2ccc(C(C)(C)C)cc2c1C(C)C. The van der Waals surface area contributed by atoms with Gasteiger partial charge >= 0.3 is 0 Å². The molecule has 0 bridgehead atoms. The first-order chi connectivity index (χ1) is 8.84. The Hall–Kier alpha value is -1.28. The van der Waals surface area contributed by atoms with E-state index in [0.29, 0.717) is 5.92 Å². The van der Waals surface area contributed by atoms with E-state index in [1.807, 2.05) is 7.05 Å². The summed E-state index contributed by atoms with van der Waals surface area (Å²) in [5.41, 5.74) is 5.62. The predicted molar refractivity (Wildman–Crippen MR) is 83.9 cm³/mol. The number of hydrogen-bond acceptors (Lipinski definition) is 1. The highest BCUT2D eigenvalue weighted by atomic mass is 14.9. The number of aromatic nitrogens is 1. The van der Waals surface area contributed by atoms with Gasteiger partial charge in [-0.15, -0.1) is 0 Å². The molecule has 2 N–H and O–H groups in total. The van der Waals surface area contributed by atoms with Crippen LogP contribution >= 0.6 is 0 Å². The van der Waals surface area contributed by atoms with Crippen molar-refractivity contribution in [3.8, 4) is 0 Å². The van der Waals surface area contributed by atoms with Crippen LogP contribution in [-0.2, 0) is 12.0 Å². The van der Waals surface area contributed by atoms with Gasteiger partial charge in [-0.1, -0.05) is 40.7 Å². The Morgan fingerprint density at radius 2 is 1.89 bits per heavy atom. The van der Waals surface area contributed by atoms with Crippen molar-refractivity contribution in [3.63, 3.8) is 0 Å². The summed E-state index contributed by atoms with van der Waals surface area (Å²) in [6.45, 7) is 12.2. The minimum Gasteiger partial charge on any atom is -0.357 e. The molecule has 0 radical (unpaired) electrons. The molecule has 0 saturated heterocycles. The molecule has 2 aromatic rings. The number of fused-ring (bicyclic) bond motifs is 1. The highest BCUT2D eigenvalue weighted by Crippen LogP contribution is 2.33. The first-order valence-electron chi connectivity index (χ1n) is 7.14. The second-order valence-corrected chi connectivity index (χ2v) is 6.71. The maximum atomic E-state index is 3.56. The second-order valence-electron chi connectivity index (χ2n) is 6.71. The van der Waals surface area contributed by atoms with E-state index < -0.39 is 0 Å². The molecule has 104 valence electrons. The van der Waals surface area contributed by atoms with Crippen molar-refractivity contribution in [3.05, 3.63) is 35.0 Å².